The number of amides is 1. The first-order valence-corrected chi connectivity index (χ1v) is 11.3. The molecule has 0 atom stereocenters. The monoisotopic (exact) mass is 444 g/mol. The fourth-order valence-electron chi connectivity index (χ4n) is 2.64. The van der Waals surface area contributed by atoms with Crippen molar-refractivity contribution in [3.05, 3.63) is 82.0 Å². The highest BCUT2D eigenvalue weighted by Crippen LogP contribution is 2.18. The molecule has 156 valence electrons. The third kappa shape index (κ3) is 5.68. The molecule has 0 bridgehead atoms. The molecule has 1 amide bonds. The zero-order valence-corrected chi connectivity index (χ0v) is 17.8. The van der Waals surface area contributed by atoms with E-state index in [0.29, 0.717) is 12.2 Å². The van der Waals surface area contributed by atoms with Gasteiger partial charge in [-0.25, -0.2) is 13.2 Å². The van der Waals surface area contributed by atoms with Crippen molar-refractivity contribution < 1.29 is 22.7 Å². The van der Waals surface area contributed by atoms with Gasteiger partial charge in [0.2, 0.25) is 5.91 Å². The number of anilines is 1. The molecule has 30 heavy (non-hydrogen) atoms. The molecule has 3 rings (SSSR count). The first-order valence-electron chi connectivity index (χ1n) is 8.96. The number of esters is 1. The van der Waals surface area contributed by atoms with Crippen LogP contribution in [0.2, 0.25) is 0 Å². The molecule has 0 fully saturated rings. The Balaban J connectivity index is 1.58. The molecule has 1 aromatic heterocycles. The number of carbonyl (C=O) groups excluding carboxylic acids is 2. The van der Waals surface area contributed by atoms with Crippen molar-refractivity contribution in [3.8, 4) is 0 Å². The second-order valence-electron chi connectivity index (χ2n) is 6.35. The third-order valence-electron chi connectivity index (χ3n) is 4.20. The Morgan fingerprint density at radius 3 is 2.30 bits per heavy atom. The molecular formula is C21H20N2O5S2. The molecule has 0 saturated carbocycles. The first kappa shape index (κ1) is 21.5. The van der Waals surface area contributed by atoms with Gasteiger partial charge in [-0.2, -0.15) is 0 Å². The van der Waals surface area contributed by atoms with E-state index in [1.807, 2.05) is 17.5 Å². The van der Waals surface area contributed by atoms with Gasteiger partial charge in [0.05, 0.1) is 30.5 Å². The van der Waals surface area contributed by atoms with Crippen molar-refractivity contribution in [2.75, 3.05) is 11.8 Å². The lowest BCUT2D eigenvalue weighted by Crippen LogP contribution is -2.24. The zero-order chi connectivity index (χ0) is 21.6. The number of carbonyl (C=O) groups is 2. The van der Waals surface area contributed by atoms with E-state index in [1.54, 1.807) is 35.6 Å². The number of benzene rings is 2. The molecule has 0 aliphatic rings. The van der Waals surface area contributed by atoms with E-state index in [9.17, 15) is 18.0 Å². The summed E-state index contributed by atoms with van der Waals surface area (Å²) in [4.78, 5) is 24.6. The summed E-state index contributed by atoms with van der Waals surface area (Å²) in [5, 5.41) is 4.80. The number of ether oxygens (including phenoxy) is 1. The molecule has 0 unspecified atom stereocenters. The van der Waals surface area contributed by atoms with Gasteiger partial charge < -0.3 is 10.1 Å². The lowest BCUT2D eigenvalue weighted by atomic mass is 10.1. The van der Waals surface area contributed by atoms with E-state index in [-0.39, 0.29) is 22.8 Å². The Morgan fingerprint density at radius 2 is 1.70 bits per heavy atom. The molecule has 2 N–H and O–H groups in total. The molecule has 0 saturated heterocycles. The molecule has 0 aliphatic heterocycles. The molecule has 1 heterocycles. The number of hydrogen-bond donors (Lipinski definition) is 2. The molecule has 0 spiro atoms. The van der Waals surface area contributed by atoms with Gasteiger partial charge in [-0.1, -0.05) is 18.2 Å². The molecular weight excluding hydrogens is 424 g/mol. The van der Waals surface area contributed by atoms with Crippen LogP contribution in [0.1, 0.15) is 20.8 Å². The van der Waals surface area contributed by atoms with Crippen LogP contribution in [0.4, 0.5) is 5.69 Å². The maximum absolute atomic E-state index is 12.5. The van der Waals surface area contributed by atoms with Crippen LogP contribution in [0.25, 0.3) is 0 Å². The van der Waals surface area contributed by atoms with Crippen molar-refractivity contribution in [1.82, 2.24) is 5.32 Å². The van der Waals surface area contributed by atoms with Crippen molar-refractivity contribution in [1.29, 1.82) is 0 Å². The quantitative estimate of drug-likeness (QED) is 0.520. The minimum absolute atomic E-state index is 0.0205. The minimum Gasteiger partial charge on any atom is -0.465 e. The van der Waals surface area contributed by atoms with Gasteiger partial charge in [0.25, 0.3) is 10.0 Å². The number of sulfonamides is 1. The van der Waals surface area contributed by atoms with Crippen LogP contribution in [-0.2, 0) is 32.5 Å². The van der Waals surface area contributed by atoms with Gasteiger partial charge in [0.1, 0.15) is 0 Å². The highest BCUT2D eigenvalue weighted by Gasteiger charge is 2.15. The second-order valence-corrected chi connectivity index (χ2v) is 9.07. The number of nitrogens with one attached hydrogen (secondary N) is 2. The Kier molecular flexibility index (Phi) is 6.86. The van der Waals surface area contributed by atoms with Crippen LogP contribution in [0.3, 0.4) is 0 Å². The number of rotatable bonds is 8. The molecule has 9 heteroatoms. The SMILES string of the molecule is COC(=O)c1ccc(S(=O)(=O)Nc2ccc(CC(=O)NCc3cccs3)cc2)cc1. The van der Waals surface area contributed by atoms with Gasteiger partial charge >= 0.3 is 5.97 Å². The van der Waals surface area contributed by atoms with Crippen LogP contribution in [0.15, 0.2) is 70.9 Å². The van der Waals surface area contributed by atoms with Crippen LogP contribution < -0.4 is 10.0 Å². The summed E-state index contributed by atoms with van der Waals surface area (Å²) in [7, 11) is -2.56. The lowest BCUT2D eigenvalue weighted by Gasteiger charge is -2.10. The molecule has 7 nitrogen and oxygen atoms in total. The summed E-state index contributed by atoms with van der Waals surface area (Å²) >= 11 is 1.58. The van der Waals surface area contributed by atoms with Gasteiger partial charge in [-0.05, 0) is 53.4 Å². The van der Waals surface area contributed by atoms with Gasteiger partial charge in [0.15, 0.2) is 0 Å². The summed E-state index contributed by atoms with van der Waals surface area (Å²) in [5.41, 5.74) is 1.40. The number of methoxy groups -OCH3 is 1. The van der Waals surface area contributed by atoms with E-state index in [2.05, 4.69) is 14.8 Å². The summed E-state index contributed by atoms with van der Waals surface area (Å²) < 4.78 is 32.1. The largest absolute Gasteiger partial charge is 0.465 e. The number of hydrogen-bond acceptors (Lipinski definition) is 6. The Labute approximate surface area is 178 Å². The van der Waals surface area contributed by atoms with E-state index >= 15 is 0 Å². The molecule has 0 aliphatic carbocycles. The van der Waals surface area contributed by atoms with Crippen molar-refractivity contribution >= 4 is 38.9 Å². The van der Waals surface area contributed by atoms with Crippen LogP contribution in [-0.4, -0.2) is 27.4 Å². The average molecular weight is 445 g/mol. The Morgan fingerprint density at radius 1 is 1.00 bits per heavy atom. The second kappa shape index (κ2) is 9.55. The Hall–Kier alpha value is -3.17. The van der Waals surface area contributed by atoms with Crippen molar-refractivity contribution in [3.63, 3.8) is 0 Å². The average Bonchev–Trinajstić information content (AvgIpc) is 3.27. The summed E-state index contributed by atoms with van der Waals surface area (Å²) in [6, 6.07) is 15.9. The number of thiophene rings is 1. The maximum atomic E-state index is 12.5. The highest BCUT2D eigenvalue weighted by molar-refractivity contribution is 7.92. The van der Waals surface area contributed by atoms with Crippen LogP contribution in [0, 0.1) is 0 Å². The first-order chi connectivity index (χ1) is 14.4. The summed E-state index contributed by atoms with van der Waals surface area (Å²) in [5.74, 6) is -0.649. The van der Waals surface area contributed by atoms with Crippen LogP contribution in [0.5, 0.6) is 0 Å². The zero-order valence-electron chi connectivity index (χ0n) is 16.1. The highest BCUT2D eigenvalue weighted by atomic mass is 32.2. The maximum Gasteiger partial charge on any atom is 0.337 e. The van der Waals surface area contributed by atoms with E-state index < -0.39 is 16.0 Å². The molecule has 0 radical (unpaired) electrons. The van der Waals surface area contributed by atoms with E-state index in [0.717, 1.165) is 10.4 Å². The summed E-state index contributed by atoms with van der Waals surface area (Å²) in [6.45, 7) is 0.489. The fraction of sp³-hybridized carbons (Fsp3) is 0.143. The normalized spacial score (nSPS) is 11.0. The van der Waals surface area contributed by atoms with Gasteiger partial charge in [-0.15, -0.1) is 11.3 Å². The van der Waals surface area contributed by atoms with E-state index in [1.165, 1.54) is 31.4 Å². The van der Waals surface area contributed by atoms with Crippen LogP contribution >= 0.6 is 11.3 Å². The van der Waals surface area contributed by atoms with Gasteiger partial charge in [0, 0.05) is 10.6 Å². The third-order valence-corrected chi connectivity index (χ3v) is 6.47. The lowest BCUT2D eigenvalue weighted by molar-refractivity contribution is -0.120. The minimum atomic E-state index is -3.81. The summed E-state index contributed by atoms with van der Waals surface area (Å²) in [6.07, 6.45) is 0.202. The van der Waals surface area contributed by atoms with Crippen molar-refractivity contribution in [2.24, 2.45) is 0 Å². The fourth-order valence-corrected chi connectivity index (χ4v) is 4.34. The topological polar surface area (TPSA) is 102 Å². The van der Waals surface area contributed by atoms with Crippen molar-refractivity contribution in [2.45, 2.75) is 17.9 Å². The standard InChI is InChI=1S/C21H20N2O5S2/c1-28-21(25)16-6-10-19(11-7-16)30(26,27)23-17-8-4-15(5-9-17)13-20(24)22-14-18-3-2-12-29-18/h2-12,23H,13-14H2,1H3,(H,22,24). The smallest absolute Gasteiger partial charge is 0.337 e. The molecule has 2 aromatic carbocycles. The van der Waals surface area contributed by atoms with E-state index in [4.69, 9.17) is 0 Å². The molecule has 3 aromatic rings. The predicted molar refractivity (Wildman–Crippen MR) is 115 cm³/mol. The van der Waals surface area contributed by atoms with Gasteiger partial charge in [-0.3, -0.25) is 9.52 Å². The Bertz CT molecular complexity index is 1110. The predicted octanol–water partition coefficient (Wildman–Crippen LogP) is 3.19.